The Morgan fingerprint density at radius 2 is 1.52 bits per heavy atom. The molecule has 0 aliphatic heterocycles. The number of benzene rings is 2. The highest BCUT2D eigenvalue weighted by Gasteiger charge is 2.19. The van der Waals surface area contributed by atoms with Gasteiger partial charge in [-0.05, 0) is 80.6 Å². The standard InChI is InChI=1S/C20H22N2O3S2/c1-10-11(2)13(4)18(14(5)12(10)3)19(23)22-20-21-16-8-7-15(27(6,24)25)9-17(16)26-20/h7-9H,1-6H3,(H,21,22,23). The molecule has 0 spiro atoms. The number of amides is 1. The number of aromatic nitrogens is 1. The molecule has 0 saturated heterocycles. The van der Waals surface area contributed by atoms with Gasteiger partial charge in [0.2, 0.25) is 0 Å². The van der Waals surface area contributed by atoms with E-state index in [-0.39, 0.29) is 10.8 Å². The largest absolute Gasteiger partial charge is 0.298 e. The SMILES string of the molecule is Cc1c(C)c(C)c(C(=O)Nc2nc3ccc(S(C)(=O)=O)cc3s2)c(C)c1C. The zero-order valence-electron chi connectivity index (χ0n) is 16.2. The third-order valence-electron chi connectivity index (χ3n) is 5.24. The number of nitrogens with one attached hydrogen (secondary N) is 1. The average Bonchev–Trinajstić information content (AvgIpc) is 2.98. The maximum atomic E-state index is 12.9. The molecule has 1 amide bonds. The Hall–Kier alpha value is -2.25. The minimum absolute atomic E-state index is 0.196. The first kappa shape index (κ1) is 19.5. The molecule has 3 rings (SSSR count). The van der Waals surface area contributed by atoms with Gasteiger partial charge in [-0.25, -0.2) is 13.4 Å². The van der Waals surface area contributed by atoms with E-state index in [4.69, 9.17) is 0 Å². The summed E-state index contributed by atoms with van der Waals surface area (Å²) in [5.74, 6) is -0.196. The lowest BCUT2D eigenvalue weighted by Crippen LogP contribution is -2.17. The Morgan fingerprint density at radius 1 is 0.963 bits per heavy atom. The number of thiazole rings is 1. The lowest BCUT2D eigenvalue weighted by molar-refractivity contribution is 0.102. The third kappa shape index (κ3) is 3.49. The minimum Gasteiger partial charge on any atom is -0.298 e. The summed E-state index contributed by atoms with van der Waals surface area (Å²) in [4.78, 5) is 17.6. The summed E-state index contributed by atoms with van der Waals surface area (Å²) >= 11 is 1.27. The molecule has 7 heteroatoms. The molecule has 5 nitrogen and oxygen atoms in total. The fourth-order valence-corrected chi connectivity index (χ4v) is 4.81. The molecule has 0 atom stereocenters. The Bertz CT molecular complexity index is 1160. The number of carbonyl (C=O) groups is 1. The van der Waals surface area contributed by atoms with Crippen molar-refractivity contribution >= 4 is 42.4 Å². The van der Waals surface area contributed by atoms with E-state index >= 15 is 0 Å². The van der Waals surface area contributed by atoms with Crippen molar-refractivity contribution in [3.63, 3.8) is 0 Å². The predicted octanol–water partition coefficient (Wildman–Crippen LogP) is 4.49. The number of anilines is 1. The van der Waals surface area contributed by atoms with E-state index in [1.54, 1.807) is 12.1 Å². The van der Waals surface area contributed by atoms with Crippen LogP contribution in [0.5, 0.6) is 0 Å². The van der Waals surface area contributed by atoms with E-state index < -0.39 is 9.84 Å². The van der Waals surface area contributed by atoms with Gasteiger partial charge in [0.1, 0.15) is 0 Å². The summed E-state index contributed by atoms with van der Waals surface area (Å²) in [6.45, 7) is 10.0. The average molecular weight is 403 g/mol. The molecule has 0 radical (unpaired) electrons. The van der Waals surface area contributed by atoms with Crippen LogP contribution >= 0.6 is 11.3 Å². The molecule has 3 aromatic rings. The van der Waals surface area contributed by atoms with Crippen molar-refractivity contribution < 1.29 is 13.2 Å². The van der Waals surface area contributed by atoms with E-state index in [0.29, 0.717) is 16.2 Å². The van der Waals surface area contributed by atoms with Crippen LogP contribution < -0.4 is 5.32 Å². The summed E-state index contributed by atoms with van der Waals surface area (Å²) in [5, 5.41) is 3.33. The smallest absolute Gasteiger partial charge is 0.258 e. The number of rotatable bonds is 3. The van der Waals surface area contributed by atoms with E-state index in [2.05, 4.69) is 17.2 Å². The third-order valence-corrected chi connectivity index (χ3v) is 7.28. The molecule has 0 fully saturated rings. The van der Waals surface area contributed by atoms with Crippen molar-refractivity contribution in [1.29, 1.82) is 0 Å². The number of hydrogen-bond donors (Lipinski definition) is 1. The first-order valence-corrected chi connectivity index (χ1v) is 11.2. The molecular weight excluding hydrogens is 380 g/mol. The topological polar surface area (TPSA) is 76.1 Å². The van der Waals surface area contributed by atoms with Crippen LogP contribution in [0.4, 0.5) is 5.13 Å². The molecule has 142 valence electrons. The molecular formula is C20H22N2O3S2. The summed E-state index contributed by atoms with van der Waals surface area (Å²) in [5.41, 5.74) is 6.70. The first-order valence-electron chi connectivity index (χ1n) is 8.49. The molecule has 1 N–H and O–H groups in total. The number of fused-ring (bicyclic) bond motifs is 1. The lowest BCUT2D eigenvalue weighted by Gasteiger charge is -2.17. The van der Waals surface area contributed by atoms with Gasteiger partial charge in [-0.2, -0.15) is 0 Å². The predicted molar refractivity (Wildman–Crippen MR) is 111 cm³/mol. The number of hydrogen-bond acceptors (Lipinski definition) is 5. The van der Waals surface area contributed by atoms with E-state index in [1.165, 1.54) is 29.2 Å². The summed E-state index contributed by atoms with van der Waals surface area (Å²) in [6, 6.07) is 4.78. The Balaban J connectivity index is 2.00. The van der Waals surface area contributed by atoms with Gasteiger partial charge in [0.25, 0.3) is 5.91 Å². The number of carbonyl (C=O) groups excluding carboxylic acids is 1. The van der Waals surface area contributed by atoms with Gasteiger partial charge in [0, 0.05) is 11.8 Å². The van der Waals surface area contributed by atoms with E-state index in [1.807, 2.05) is 27.7 Å². The van der Waals surface area contributed by atoms with Crippen molar-refractivity contribution in [3.8, 4) is 0 Å². The van der Waals surface area contributed by atoms with Gasteiger partial charge in [0.05, 0.1) is 15.1 Å². The number of nitrogens with zero attached hydrogens (tertiary/aromatic N) is 1. The van der Waals surface area contributed by atoms with Crippen molar-refractivity contribution in [3.05, 3.63) is 51.6 Å². The molecule has 2 aromatic carbocycles. The maximum Gasteiger partial charge on any atom is 0.258 e. The first-order chi connectivity index (χ1) is 12.5. The molecule has 1 aromatic heterocycles. The van der Waals surface area contributed by atoms with E-state index in [0.717, 1.165) is 27.0 Å². The highest BCUT2D eigenvalue weighted by Crippen LogP contribution is 2.30. The molecule has 27 heavy (non-hydrogen) atoms. The zero-order chi connectivity index (χ0) is 20.1. The second kappa shape index (κ2) is 6.73. The Kier molecular flexibility index (Phi) is 4.86. The van der Waals surface area contributed by atoms with Gasteiger partial charge in [0.15, 0.2) is 15.0 Å². The monoisotopic (exact) mass is 402 g/mol. The fourth-order valence-electron chi connectivity index (χ4n) is 3.19. The van der Waals surface area contributed by atoms with Crippen molar-refractivity contribution in [1.82, 2.24) is 4.98 Å². The van der Waals surface area contributed by atoms with Crippen LogP contribution in [0.1, 0.15) is 38.2 Å². The zero-order valence-corrected chi connectivity index (χ0v) is 17.9. The van der Waals surface area contributed by atoms with Crippen molar-refractivity contribution in [2.24, 2.45) is 0 Å². The van der Waals surface area contributed by atoms with Crippen molar-refractivity contribution in [2.75, 3.05) is 11.6 Å². The van der Waals surface area contributed by atoms with Crippen molar-refractivity contribution in [2.45, 2.75) is 39.5 Å². The van der Waals surface area contributed by atoms with Crippen LogP contribution in [-0.2, 0) is 9.84 Å². The molecule has 0 saturated carbocycles. The van der Waals surface area contributed by atoms with Crippen LogP contribution in [0.15, 0.2) is 23.1 Å². The molecule has 0 aliphatic carbocycles. The van der Waals surface area contributed by atoms with Crippen LogP contribution in [0.3, 0.4) is 0 Å². The summed E-state index contributed by atoms with van der Waals surface area (Å²) < 4.78 is 24.2. The Morgan fingerprint density at radius 3 is 2.07 bits per heavy atom. The Labute approximate surface area is 163 Å². The molecule has 0 aliphatic rings. The summed E-state index contributed by atoms with van der Waals surface area (Å²) in [6.07, 6.45) is 1.17. The molecule has 1 heterocycles. The molecule has 0 bridgehead atoms. The quantitative estimate of drug-likeness (QED) is 0.700. The highest BCUT2D eigenvalue weighted by molar-refractivity contribution is 7.90. The molecule has 0 unspecified atom stereocenters. The maximum absolute atomic E-state index is 12.9. The lowest BCUT2D eigenvalue weighted by atomic mass is 9.89. The normalized spacial score (nSPS) is 11.8. The van der Waals surface area contributed by atoms with E-state index in [9.17, 15) is 13.2 Å². The van der Waals surface area contributed by atoms with Gasteiger partial charge < -0.3 is 0 Å². The number of sulfone groups is 1. The summed E-state index contributed by atoms with van der Waals surface area (Å²) in [7, 11) is -3.28. The van der Waals surface area contributed by atoms with Gasteiger partial charge in [-0.3, -0.25) is 10.1 Å². The van der Waals surface area contributed by atoms with Gasteiger partial charge in [-0.1, -0.05) is 11.3 Å². The minimum atomic E-state index is -3.28. The van der Waals surface area contributed by atoms with Crippen LogP contribution in [0.25, 0.3) is 10.2 Å². The highest BCUT2D eigenvalue weighted by atomic mass is 32.2. The second-order valence-electron chi connectivity index (χ2n) is 6.87. The van der Waals surface area contributed by atoms with Gasteiger partial charge in [-0.15, -0.1) is 0 Å². The fraction of sp³-hybridized carbons (Fsp3) is 0.300. The second-order valence-corrected chi connectivity index (χ2v) is 9.92. The van der Waals surface area contributed by atoms with Crippen LogP contribution in [-0.4, -0.2) is 25.6 Å². The van der Waals surface area contributed by atoms with Crippen LogP contribution in [0.2, 0.25) is 0 Å². The van der Waals surface area contributed by atoms with Gasteiger partial charge >= 0.3 is 0 Å². The van der Waals surface area contributed by atoms with Crippen LogP contribution in [0, 0.1) is 34.6 Å².